The largest absolute Gasteiger partial charge is 0.396 e. The highest BCUT2D eigenvalue weighted by Crippen LogP contribution is 2.36. The average Bonchev–Trinajstić information content (AvgIpc) is 2.42. The zero-order valence-electron chi connectivity index (χ0n) is 10.7. The number of rotatable bonds is 4. The molecule has 1 aromatic rings. The van der Waals surface area contributed by atoms with Gasteiger partial charge in [0.05, 0.1) is 12.3 Å². The molecule has 0 amide bonds. The van der Waals surface area contributed by atoms with Gasteiger partial charge < -0.3 is 10.4 Å². The molecule has 2 rings (SSSR count). The summed E-state index contributed by atoms with van der Waals surface area (Å²) >= 11 is 0. The Labute approximate surface area is 110 Å². The molecule has 1 aliphatic rings. The van der Waals surface area contributed by atoms with Gasteiger partial charge in [0.15, 0.2) is 11.6 Å². The Kier molecular flexibility index (Phi) is 4.34. The maximum atomic E-state index is 13.5. The Morgan fingerprint density at radius 1 is 1.11 bits per heavy atom. The lowest BCUT2D eigenvalue weighted by Gasteiger charge is -2.36. The second-order valence-electron chi connectivity index (χ2n) is 5.32. The molecule has 1 saturated carbocycles. The first-order valence-corrected chi connectivity index (χ1v) is 6.56. The number of halogens is 3. The van der Waals surface area contributed by atoms with Crippen molar-refractivity contribution in [1.82, 2.24) is 0 Å². The number of benzene rings is 1. The molecule has 1 aromatic carbocycles. The quantitative estimate of drug-likeness (QED) is 0.823. The molecule has 0 aliphatic heterocycles. The number of anilines is 1. The molecule has 2 nitrogen and oxygen atoms in total. The number of nitrogens with one attached hydrogen (secondary N) is 1. The Morgan fingerprint density at radius 3 is 2.42 bits per heavy atom. The maximum absolute atomic E-state index is 13.5. The van der Waals surface area contributed by atoms with Gasteiger partial charge in [-0.25, -0.2) is 13.2 Å². The molecule has 0 aromatic heterocycles. The zero-order chi connectivity index (χ0) is 13.9. The Morgan fingerprint density at radius 2 is 1.79 bits per heavy atom. The third-order valence-electron chi connectivity index (χ3n) is 3.90. The molecule has 2 N–H and O–H groups in total. The van der Waals surface area contributed by atoms with Crippen molar-refractivity contribution in [2.75, 3.05) is 18.5 Å². The van der Waals surface area contributed by atoms with Gasteiger partial charge in [-0.3, -0.25) is 0 Å². The first-order valence-electron chi connectivity index (χ1n) is 6.56. The van der Waals surface area contributed by atoms with Crippen molar-refractivity contribution >= 4 is 5.69 Å². The average molecular weight is 273 g/mol. The van der Waals surface area contributed by atoms with E-state index in [1.807, 2.05) is 0 Å². The molecular weight excluding hydrogens is 255 g/mol. The Balaban J connectivity index is 2.09. The lowest BCUT2D eigenvalue weighted by molar-refractivity contribution is 0.0943. The molecule has 5 heteroatoms. The molecule has 19 heavy (non-hydrogen) atoms. The minimum Gasteiger partial charge on any atom is -0.396 e. The Bertz CT molecular complexity index is 445. The molecule has 0 atom stereocenters. The molecule has 0 unspecified atom stereocenters. The predicted molar refractivity (Wildman–Crippen MR) is 67.4 cm³/mol. The van der Waals surface area contributed by atoms with E-state index >= 15 is 0 Å². The third kappa shape index (κ3) is 3.21. The lowest BCUT2D eigenvalue weighted by Crippen LogP contribution is -2.35. The van der Waals surface area contributed by atoms with Gasteiger partial charge in [-0.05, 0) is 12.8 Å². The summed E-state index contributed by atoms with van der Waals surface area (Å²) < 4.78 is 39.6. The number of aliphatic hydroxyl groups excluding tert-OH is 1. The fourth-order valence-corrected chi connectivity index (χ4v) is 2.66. The van der Waals surface area contributed by atoms with Crippen LogP contribution in [0.5, 0.6) is 0 Å². The van der Waals surface area contributed by atoms with Gasteiger partial charge in [0, 0.05) is 24.1 Å². The van der Waals surface area contributed by atoms with Crippen LogP contribution in [0.15, 0.2) is 12.1 Å². The van der Waals surface area contributed by atoms with Crippen molar-refractivity contribution in [3.8, 4) is 0 Å². The van der Waals surface area contributed by atoms with Gasteiger partial charge in [0.25, 0.3) is 0 Å². The van der Waals surface area contributed by atoms with Gasteiger partial charge in [0.2, 0.25) is 0 Å². The first kappa shape index (κ1) is 14.2. The summed E-state index contributed by atoms with van der Waals surface area (Å²) in [5, 5.41) is 12.3. The number of aliphatic hydroxyl groups is 1. The van der Waals surface area contributed by atoms with Crippen molar-refractivity contribution in [2.24, 2.45) is 5.41 Å². The van der Waals surface area contributed by atoms with E-state index in [1.165, 1.54) is 0 Å². The van der Waals surface area contributed by atoms with E-state index in [0.717, 1.165) is 38.2 Å². The third-order valence-corrected chi connectivity index (χ3v) is 3.90. The van der Waals surface area contributed by atoms with Crippen LogP contribution in [0, 0.1) is 22.9 Å². The van der Waals surface area contributed by atoms with Crippen LogP contribution >= 0.6 is 0 Å². The van der Waals surface area contributed by atoms with Gasteiger partial charge in [-0.15, -0.1) is 0 Å². The van der Waals surface area contributed by atoms with Gasteiger partial charge in [-0.2, -0.15) is 0 Å². The molecule has 1 aliphatic carbocycles. The predicted octanol–water partition coefficient (Wildman–Crippen LogP) is 3.46. The van der Waals surface area contributed by atoms with E-state index in [1.54, 1.807) is 0 Å². The van der Waals surface area contributed by atoms with Crippen molar-refractivity contribution in [3.63, 3.8) is 0 Å². The lowest BCUT2D eigenvalue weighted by atomic mass is 9.74. The minimum absolute atomic E-state index is 0.000578. The fourth-order valence-electron chi connectivity index (χ4n) is 2.66. The smallest absolute Gasteiger partial charge is 0.182 e. The second kappa shape index (κ2) is 5.82. The van der Waals surface area contributed by atoms with Crippen molar-refractivity contribution in [1.29, 1.82) is 0 Å². The molecular formula is C14H18F3NO. The van der Waals surface area contributed by atoms with Crippen LogP contribution in [-0.4, -0.2) is 18.3 Å². The fraction of sp³-hybridized carbons (Fsp3) is 0.571. The number of hydrogen-bond donors (Lipinski definition) is 2. The van der Waals surface area contributed by atoms with E-state index in [2.05, 4.69) is 5.32 Å². The van der Waals surface area contributed by atoms with Crippen LogP contribution in [0.25, 0.3) is 0 Å². The van der Waals surface area contributed by atoms with Gasteiger partial charge in [0.1, 0.15) is 5.82 Å². The van der Waals surface area contributed by atoms with E-state index in [9.17, 15) is 18.3 Å². The highest BCUT2D eigenvalue weighted by atomic mass is 19.2. The van der Waals surface area contributed by atoms with Crippen LogP contribution in [-0.2, 0) is 0 Å². The normalized spacial score (nSPS) is 18.3. The highest BCUT2D eigenvalue weighted by molar-refractivity contribution is 5.45. The monoisotopic (exact) mass is 273 g/mol. The van der Waals surface area contributed by atoms with Crippen LogP contribution in [0.2, 0.25) is 0 Å². The standard InChI is InChI=1S/C14H18F3NO/c15-10-6-11(16)13(17)12(7-10)18-8-14(9-19)4-2-1-3-5-14/h6-7,18-19H,1-5,8-9H2. The molecule has 0 saturated heterocycles. The summed E-state index contributed by atoms with van der Waals surface area (Å²) in [4.78, 5) is 0. The molecule has 1 fully saturated rings. The summed E-state index contributed by atoms with van der Waals surface area (Å²) in [6.07, 6.45) is 4.85. The zero-order valence-corrected chi connectivity index (χ0v) is 10.7. The van der Waals surface area contributed by atoms with E-state index in [-0.39, 0.29) is 17.7 Å². The van der Waals surface area contributed by atoms with Crippen molar-refractivity contribution < 1.29 is 18.3 Å². The van der Waals surface area contributed by atoms with Crippen LogP contribution in [0.1, 0.15) is 32.1 Å². The maximum Gasteiger partial charge on any atom is 0.182 e. The van der Waals surface area contributed by atoms with Crippen LogP contribution < -0.4 is 5.32 Å². The highest BCUT2D eigenvalue weighted by Gasteiger charge is 2.31. The van der Waals surface area contributed by atoms with E-state index < -0.39 is 17.5 Å². The summed E-state index contributed by atoms with van der Waals surface area (Å²) in [5.41, 5.74) is -0.496. The summed E-state index contributed by atoms with van der Waals surface area (Å²) in [7, 11) is 0. The molecule has 106 valence electrons. The summed E-state index contributed by atoms with van der Waals surface area (Å²) in [6, 6.07) is 1.45. The number of hydrogen-bond acceptors (Lipinski definition) is 2. The van der Waals surface area contributed by atoms with E-state index in [0.29, 0.717) is 12.6 Å². The van der Waals surface area contributed by atoms with E-state index in [4.69, 9.17) is 0 Å². The van der Waals surface area contributed by atoms with Crippen molar-refractivity contribution in [3.05, 3.63) is 29.6 Å². The van der Waals surface area contributed by atoms with Crippen LogP contribution in [0.3, 0.4) is 0 Å². The first-order chi connectivity index (χ1) is 9.06. The van der Waals surface area contributed by atoms with Gasteiger partial charge in [-0.1, -0.05) is 19.3 Å². The SMILES string of the molecule is OCC1(CNc2cc(F)cc(F)c2F)CCCCC1. The molecule has 0 bridgehead atoms. The van der Waals surface area contributed by atoms with Crippen molar-refractivity contribution in [2.45, 2.75) is 32.1 Å². The molecule has 0 spiro atoms. The summed E-state index contributed by atoms with van der Waals surface area (Å²) in [6.45, 7) is 0.322. The molecule has 0 radical (unpaired) electrons. The topological polar surface area (TPSA) is 32.3 Å². The second-order valence-corrected chi connectivity index (χ2v) is 5.32. The minimum atomic E-state index is -1.20. The molecule has 0 heterocycles. The van der Waals surface area contributed by atoms with Gasteiger partial charge >= 0.3 is 0 Å². The van der Waals surface area contributed by atoms with Crippen LogP contribution in [0.4, 0.5) is 18.9 Å². The Hall–Kier alpha value is -1.23. The summed E-state index contributed by atoms with van der Waals surface area (Å²) in [5.74, 6) is -3.10.